The summed E-state index contributed by atoms with van der Waals surface area (Å²) in [5.74, 6) is 0.534. The largest absolute Gasteiger partial charge is 0.455 e. The van der Waals surface area contributed by atoms with E-state index in [2.05, 4.69) is 148 Å². The highest BCUT2D eigenvalue weighted by Crippen LogP contribution is 2.47. The van der Waals surface area contributed by atoms with Gasteiger partial charge in [0.1, 0.15) is 17.0 Å². The highest BCUT2D eigenvalue weighted by atomic mass is 16.3. The van der Waals surface area contributed by atoms with Crippen molar-refractivity contribution in [3.05, 3.63) is 216 Å². The van der Waals surface area contributed by atoms with E-state index < -0.39 is 0 Å². The number of rotatable bonds is 4. The summed E-state index contributed by atoms with van der Waals surface area (Å²) in [6.07, 6.45) is 3.38. The van der Waals surface area contributed by atoms with Crippen molar-refractivity contribution in [2.75, 3.05) is 0 Å². The molecule has 3 heterocycles. The van der Waals surface area contributed by atoms with Crippen molar-refractivity contribution in [3.8, 4) is 5.69 Å². The second-order valence-corrected chi connectivity index (χ2v) is 15.7. The summed E-state index contributed by atoms with van der Waals surface area (Å²) in [4.78, 5) is 4.10. The Kier molecular flexibility index (Phi) is 10.3. The van der Waals surface area contributed by atoms with Crippen molar-refractivity contribution in [2.45, 2.75) is 33.2 Å². The van der Waals surface area contributed by atoms with Gasteiger partial charge >= 0.3 is 0 Å². The first-order chi connectivity index (χ1) is 31.0. The minimum Gasteiger partial charge on any atom is -0.455 e. The summed E-state index contributed by atoms with van der Waals surface area (Å²) in [6, 6.07) is 65.2. The number of allylic oxidation sites excluding steroid dienone is 2. The molecule has 63 heavy (non-hydrogen) atoms. The molecule has 0 radical (unpaired) electrons. The zero-order chi connectivity index (χ0) is 43.0. The highest BCUT2D eigenvalue weighted by molar-refractivity contribution is 6.30. The Bertz CT molecular complexity index is 3540. The monoisotopic (exact) mass is 817 g/mol. The van der Waals surface area contributed by atoms with Crippen molar-refractivity contribution < 1.29 is 4.42 Å². The van der Waals surface area contributed by atoms with Gasteiger partial charge in [-0.25, -0.2) is 4.99 Å². The molecule has 0 saturated heterocycles. The standard InChI is InChI=1S/C41H28N2O.C14H13N3.C2H6/c1-25-19-22-34(28-14-6-5-13-27(25)28)43-33-17-9-7-16-31(33)38-35(43)24-21-32-39-36(42(40(32)38)26-11-3-2-4-12-26)23-20-30-29-15-8-10-18-37(29)44-41(30)39;15-13(11-7-3-1-4-8-11)17-14(16)12-9-5-2-6-10-12;1-2/h2-21,23-24,34H,22H2,1H3;1-10H,(H3,15,16,17);1-2H3. The number of nitrogens with two attached hydrogens (primary N) is 1. The zero-order valence-corrected chi connectivity index (χ0v) is 35.6. The van der Waals surface area contributed by atoms with E-state index in [4.69, 9.17) is 15.6 Å². The summed E-state index contributed by atoms with van der Waals surface area (Å²) in [6.45, 7) is 6.24. The average molecular weight is 818 g/mol. The second kappa shape index (κ2) is 16.5. The lowest BCUT2D eigenvalue weighted by Crippen LogP contribution is -2.15. The van der Waals surface area contributed by atoms with E-state index in [0.717, 1.165) is 56.1 Å². The lowest BCUT2D eigenvalue weighted by Gasteiger charge is -2.27. The third kappa shape index (κ3) is 6.68. The maximum atomic E-state index is 7.84. The van der Waals surface area contributed by atoms with E-state index in [9.17, 15) is 0 Å². The summed E-state index contributed by atoms with van der Waals surface area (Å²) in [5.41, 5.74) is 19.5. The lowest BCUT2D eigenvalue weighted by atomic mass is 9.88. The van der Waals surface area contributed by atoms with E-state index in [1.807, 2.05) is 80.6 Å². The molecule has 1 unspecified atom stereocenters. The fraction of sp³-hybridized carbons (Fsp3) is 0.0877. The van der Waals surface area contributed by atoms with Gasteiger partial charge in [0.05, 0.1) is 28.0 Å². The van der Waals surface area contributed by atoms with Gasteiger partial charge in [0.15, 0.2) is 5.84 Å². The van der Waals surface area contributed by atoms with E-state index in [1.165, 1.54) is 49.4 Å². The zero-order valence-electron chi connectivity index (χ0n) is 35.6. The topological polar surface area (TPSA) is 85.2 Å². The average Bonchev–Trinajstić information content (AvgIpc) is 4.01. The molecule has 3 N–H and O–H groups in total. The first-order valence-corrected chi connectivity index (χ1v) is 21.7. The van der Waals surface area contributed by atoms with Crippen molar-refractivity contribution in [2.24, 2.45) is 10.7 Å². The molecule has 1 aliphatic rings. The number of furan rings is 1. The van der Waals surface area contributed by atoms with Crippen molar-refractivity contribution in [1.29, 1.82) is 5.41 Å². The Morgan fingerprint density at radius 3 is 1.95 bits per heavy atom. The number of para-hydroxylation sites is 3. The minimum atomic E-state index is 0.173. The van der Waals surface area contributed by atoms with Gasteiger partial charge in [-0.05, 0) is 78.6 Å². The molecule has 306 valence electrons. The van der Waals surface area contributed by atoms with E-state index in [1.54, 1.807) is 0 Å². The number of aliphatic imine (C=N–C) groups is 1. The van der Waals surface area contributed by atoms with E-state index in [0.29, 0.717) is 5.84 Å². The molecule has 1 atom stereocenters. The molecule has 1 aliphatic carbocycles. The second-order valence-electron chi connectivity index (χ2n) is 15.7. The van der Waals surface area contributed by atoms with E-state index >= 15 is 0 Å². The van der Waals surface area contributed by atoms with E-state index in [-0.39, 0.29) is 11.9 Å². The number of hydrogen-bond donors (Lipinski definition) is 2. The minimum absolute atomic E-state index is 0.173. The Morgan fingerprint density at radius 1 is 0.587 bits per heavy atom. The molecular formula is C57H47N5O. The number of nitrogens with one attached hydrogen (secondary N) is 1. The molecule has 0 fully saturated rings. The predicted octanol–water partition coefficient (Wildman–Crippen LogP) is 14.6. The summed E-state index contributed by atoms with van der Waals surface area (Å²) in [7, 11) is 0. The summed E-state index contributed by atoms with van der Waals surface area (Å²) >= 11 is 0. The first kappa shape index (κ1) is 39.2. The number of benzene rings is 8. The van der Waals surface area contributed by atoms with Crippen LogP contribution in [-0.4, -0.2) is 20.8 Å². The molecular weight excluding hydrogens is 771 g/mol. The molecule has 12 rings (SSSR count). The van der Waals surface area contributed by atoms with Crippen molar-refractivity contribution in [1.82, 2.24) is 9.13 Å². The molecule has 0 bridgehead atoms. The van der Waals surface area contributed by atoms with Crippen LogP contribution in [0.4, 0.5) is 0 Å². The summed E-state index contributed by atoms with van der Waals surface area (Å²) < 4.78 is 11.7. The van der Waals surface area contributed by atoms with Gasteiger partial charge in [-0.15, -0.1) is 0 Å². The fourth-order valence-electron chi connectivity index (χ4n) is 9.40. The van der Waals surface area contributed by atoms with Crippen LogP contribution in [0.3, 0.4) is 0 Å². The lowest BCUT2D eigenvalue weighted by molar-refractivity contribution is 0.623. The maximum absolute atomic E-state index is 7.84. The Balaban J connectivity index is 0.000000209. The van der Waals surface area contributed by atoms with Crippen LogP contribution in [0.1, 0.15) is 55.5 Å². The van der Waals surface area contributed by atoms with Crippen LogP contribution < -0.4 is 5.73 Å². The van der Waals surface area contributed by atoms with Gasteiger partial charge in [0, 0.05) is 49.3 Å². The maximum Gasteiger partial charge on any atom is 0.154 e. The smallest absolute Gasteiger partial charge is 0.154 e. The Hall–Kier alpha value is -7.96. The van der Waals surface area contributed by atoms with Crippen LogP contribution in [-0.2, 0) is 0 Å². The van der Waals surface area contributed by atoms with Gasteiger partial charge in [-0.1, -0.05) is 159 Å². The van der Waals surface area contributed by atoms with Crippen molar-refractivity contribution >= 4 is 82.8 Å². The molecule has 0 aliphatic heterocycles. The fourth-order valence-corrected chi connectivity index (χ4v) is 9.40. The SMILES string of the molecule is CC.CC1=CCC(n2c3ccccc3c3c4c(ccc32)c2c3oc5ccccc5c3ccc2n4-c2ccccc2)c2ccccc21.N=C(N=C(N)c1ccccc1)c1ccccc1. The van der Waals surface area contributed by atoms with Crippen LogP contribution >= 0.6 is 0 Å². The van der Waals surface area contributed by atoms with Gasteiger partial charge in [-0.3, -0.25) is 5.41 Å². The number of aromatic nitrogens is 2. The van der Waals surface area contributed by atoms with Gasteiger partial charge in [0.25, 0.3) is 0 Å². The first-order valence-electron chi connectivity index (χ1n) is 21.7. The molecule has 8 aromatic carbocycles. The molecule has 11 aromatic rings. The predicted molar refractivity (Wildman–Crippen MR) is 266 cm³/mol. The molecule has 6 heteroatoms. The van der Waals surface area contributed by atoms with Crippen LogP contribution in [0.25, 0.3) is 76.8 Å². The number of amidine groups is 2. The van der Waals surface area contributed by atoms with Crippen LogP contribution in [0.15, 0.2) is 204 Å². The quantitative estimate of drug-likeness (QED) is 0.137. The van der Waals surface area contributed by atoms with Crippen LogP contribution in [0.5, 0.6) is 0 Å². The van der Waals surface area contributed by atoms with Gasteiger partial charge in [-0.2, -0.15) is 0 Å². The number of fused-ring (bicyclic) bond motifs is 12. The Morgan fingerprint density at radius 2 is 1.19 bits per heavy atom. The Labute approximate surface area is 366 Å². The third-order valence-corrected chi connectivity index (χ3v) is 12.2. The number of nitrogens with zero attached hydrogens (tertiary/aromatic N) is 3. The molecule has 3 aromatic heterocycles. The number of hydrogen-bond acceptors (Lipinski definition) is 2. The van der Waals surface area contributed by atoms with Crippen LogP contribution in [0.2, 0.25) is 0 Å². The third-order valence-electron chi connectivity index (χ3n) is 12.2. The molecule has 0 saturated carbocycles. The van der Waals surface area contributed by atoms with Gasteiger partial charge < -0.3 is 19.3 Å². The summed E-state index contributed by atoms with van der Waals surface area (Å²) in [5, 5.41) is 15.1. The highest BCUT2D eigenvalue weighted by Gasteiger charge is 2.28. The molecule has 0 amide bonds. The molecule has 6 nitrogen and oxygen atoms in total. The van der Waals surface area contributed by atoms with Crippen molar-refractivity contribution in [3.63, 3.8) is 0 Å². The van der Waals surface area contributed by atoms with Crippen LogP contribution in [0, 0.1) is 5.41 Å². The molecule has 0 spiro atoms. The normalized spacial score (nSPS) is 13.7. The van der Waals surface area contributed by atoms with Gasteiger partial charge in [0.2, 0.25) is 0 Å².